The first kappa shape index (κ1) is 12.9. The van der Waals surface area contributed by atoms with Crippen LogP contribution in [0.1, 0.15) is 29.9 Å². The number of carbonyl (C=O) groups is 1. The van der Waals surface area contributed by atoms with E-state index in [2.05, 4.69) is 0 Å². The summed E-state index contributed by atoms with van der Waals surface area (Å²) < 4.78 is 51.4. The SMILES string of the molecule is O=C(O)C(c1cc(F)ccc1C(F)(F)F)C1CC1. The highest BCUT2D eigenvalue weighted by Crippen LogP contribution is 2.46. The van der Waals surface area contributed by atoms with E-state index in [4.69, 9.17) is 5.11 Å². The quantitative estimate of drug-likeness (QED) is 0.847. The lowest BCUT2D eigenvalue weighted by Crippen LogP contribution is -2.19. The van der Waals surface area contributed by atoms with Crippen molar-refractivity contribution in [1.82, 2.24) is 0 Å². The number of aliphatic carboxylic acids is 1. The Hall–Kier alpha value is -1.59. The van der Waals surface area contributed by atoms with Gasteiger partial charge in [-0.05, 0) is 42.5 Å². The Balaban J connectivity index is 2.53. The summed E-state index contributed by atoms with van der Waals surface area (Å²) in [5, 5.41) is 9.03. The molecule has 18 heavy (non-hydrogen) atoms. The number of hydrogen-bond donors (Lipinski definition) is 1. The fourth-order valence-electron chi connectivity index (χ4n) is 2.07. The lowest BCUT2D eigenvalue weighted by atomic mass is 9.90. The molecule has 1 atom stereocenters. The van der Waals surface area contributed by atoms with E-state index in [1.807, 2.05) is 0 Å². The van der Waals surface area contributed by atoms with Crippen molar-refractivity contribution >= 4 is 5.97 Å². The smallest absolute Gasteiger partial charge is 0.416 e. The van der Waals surface area contributed by atoms with Crippen molar-refractivity contribution in [3.63, 3.8) is 0 Å². The number of benzene rings is 1. The third-order valence-corrected chi connectivity index (χ3v) is 3.01. The molecule has 0 spiro atoms. The van der Waals surface area contributed by atoms with E-state index in [1.165, 1.54) is 0 Å². The Morgan fingerprint density at radius 1 is 1.33 bits per heavy atom. The van der Waals surface area contributed by atoms with Crippen molar-refractivity contribution in [2.24, 2.45) is 5.92 Å². The first-order chi connectivity index (χ1) is 8.30. The van der Waals surface area contributed by atoms with Crippen LogP contribution in [-0.4, -0.2) is 11.1 Å². The molecule has 1 aromatic rings. The van der Waals surface area contributed by atoms with Gasteiger partial charge in [0.15, 0.2) is 0 Å². The molecule has 1 aromatic carbocycles. The van der Waals surface area contributed by atoms with Gasteiger partial charge in [0.25, 0.3) is 0 Å². The minimum absolute atomic E-state index is 0.328. The molecule has 2 nitrogen and oxygen atoms in total. The van der Waals surface area contributed by atoms with Crippen molar-refractivity contribution < 1.29 is 27.5 Å². The lowest BCUT2D eigenvalue weighted by molar-refractivity contribution is -0.142. The average molecular weight is 262 g/mol. The molecule has 2 rings (SSSR count). The second-order valence-corrected chi connectivity index (χ2v) is 4.38. The van der Waals surface area contributed by atoms with E-state index in [1.54, 1.807) is 0 Å². The predicted octanol–water partition coefficient (Wildman–Crippen LogP) is 3.42. The molecule has 98 valence electrons. The number of alkyl halides is 3. The van der Waals surface area contributed by atoms with E-state index in [9.17, 15) is 22.4 Å². The molecule has 0 heterocycles. The molecule has 0 aliphatic heterocycles. The van der Waals surface area contributed by atoms with Gasteiger partial charge in [-0.3, -0.25) is 4.79 Å². The third kappa shape index (κ3) is 2.47. The topological polar surface area (TPSA) is 37.3 Å². The fraction of sp³-hybridized carbons (Fsp3) is 0.417. The number of carboxylic acid groups (broad SMARTS) is 1. The Morgan fingerprint density at radius 2 is 1.94 bits per heavy atom. The second kappa shape index (κ2) is 4.26. The van der Waals surface area contributed by atoms with Gasteiger partial charge in [-0.25, -0.2) is 4.39 Å². The number of halogens is 4. The molecule has 1 fully saturated rings. The summed E-state index contributed by atoms with van der Waals surface area (Å²) in [6, 6.07) is 1.97. The van der Waals surface area contributed by atoms with Gasteiger partial charge in [-0.1, -0.05) is 0 Å². The van der Waals surface area contributed by atoms with Gasteiger partial charge in [0.1, 0.15) is 5.82 Å². The minimum Gasteiger partial charge on any atom is -0.481 e. The predicted molar refractivity (Wildman–Crippen MR) is 54.5 cm³/mol. The molecular weight excluding hydrogens is 252 g/mol. The highest BCUT2D eigenvalue weighted by molar-refractivity contribution is 5.77. The zero-order chi connectivity index (χ0) is 13.5. The van der Waals surface area contributed by atoms with Crippen LogP contribution < -0.4 is 0 Å². The highest BCUT2D eigenvalue weighted by Gasteiger charge is 2.43. The van der Waals surface area contributed by atoms with Crippen molar-refractivity contribution in [2.75, 3.05) is 0 Å². The maximum absolute atomic E-state index is 13.1. The zero-order valence-electron chi connectivity index (χ0n) is 9.17. The Kier molecular flexibility index (Phi) is 3.04. The molecule has 0 amide bonds. The third-order valence-electron chi connectivity index (χ3n) is 3.01. The van der Waals surface area contributed by atoms with Crippen LogP contribution in [-0.2, 0) is 11.0 Å². The van der Waals surface area contributed by atoms with Crippen molar-refractivity contribution in [1.29, 1.82) is 0 Å². The number of carboxylic acids is 1. The molecular formula is C12H10F4O2. The van der Waals surface area contributed by atoms with E-state index >= 15 is 0 Å². The van der Waals surface area contributed by atoms with E-state index in [0.29, 0.717) is 31.0 Å². The Morgan fingerprint density at radius 3 is 2.39 bits per heavy atom. The van der Waals surface area contributed by atoms with Gasteiger partial charge in [0, 0.05) is 0 Å². The summed E-state index contributed by atoms with van der Waals surface area (Å²) in [4.78, 5) is 11.1. The average Bonchev–Trinajstić information content (AvgIpc) is 2.99. The number of hydrogen-bond acceptors (Lipinski definition) is 1. The summed E-state index contributed by atoms with van der Waals surface area (Å²) in [6.45, 7) is 0. The standard InChI is InChI=1S/C12H10F4O2/c13-7-3-4-9(12(14,15)16)8(5-7)10(11(17)18)6-1-2-6/h3-6,10H,1-2H2,(H,17,18). The van der Waals surface area contributed by atoms with Crippen LogP contribution in [0.15, 0.2) is 18.2 Å². The second-order valence-electron chi connectivity index (χ2n) is 4.38. The maximum Gasteiger partial charge on any atom is 0.416 e. The van der Waals surface area contributed by atoms with Gasteiger partial charge in [0.2, 0.25) is 0 Å². The van der Waals surface area contributed by atoms with Gasteiger partial charge >= 0.3 is 12.1 Å². The molecule has 1 saturated carbocycles. The van der Waals surface area contributed by atoms with Crippen LogP contribution in [0.3, 0.4) is 0 Å². The molecule has 0 radical (unpaired) electrons. The molecule has 6 heteroatoms. The summed E-state index contributed by atoms with van der Waals surface area (Å²) in [6.07, 6.45) is -3.55. The summed E-state index contributed by atoms with van der Waals surface area (Å²) in [7, 11) is 0. The Bertz CT molecular complexity index is 477. The minimum atomic E-state index is -4.67. The first-order valence-corrected chi connectivity index (χ1v) is 5.40. The molecule has 0 aromatic heterocycles. The van der Waals surface area contributed by atoms with Crippen LogP contribution in [0, 0.1) is 11.7 Å². The van der Waals surface area contributed by atoms with Gasteiger partial charge in [-0.2, -0.15) is 13.2 Å². The fourth-order valence-corrected chi connectivity index (χ4v) is 2.07. The summed E-state index contributed by atoms with van der Waals surface area (Å²) >= 11 is 0. The Labute approximate surface area is 100 Å². The van der Waals surface area contributed by atoms with Crippen LogP contribution >= 0.6 is 0 Å². The van der Waals surface area contributed by atoms with Crippen LogP contribution in [0.5, 0.6) is 0 Å². The van der Waals surface area contributed by atoms with Crippen molar-refractivity contribution in [3.8, 4) is 0 Å². The maximum atomic E-state index is 13.1. The summed E-state index contributed by atoms with van der Waals surface area (Å²) in [5.74, 6) is -3.80. The van der Waals surface area contributed by atoms with Crippen LogP contribution in [0.2, 0.25) is 0 Å². The van der Waals surface area contributed by atoms with Gasteiger partial charge in [-0.15, -0.1) is 0 Å². The number of rotatable bonds is 3. The molecule has 1 unspecified atom stereocenters. The lowest BCUT2D eigenvalue weighted by Gasteiger charge is -2.18. The zero-order valence-corrected chi connectivity index (χ0v) is 9.17. The normalized spacial score (nSPS) is 17.6. The largest absolute Gasteiger partial charge is 0.481 e. The first-order valence-electron chi connectivity index (χ1n) is 5.40. The van der Waals surface area contributed by atoms with Gasteiger partial charge in [0.05, 0.1) is 11.5 Å². The molecule has 0 saturated heterocycles. The van der Waals surface area contributed by atoms with Crippen molar-refractivity contribution in [2.45, 2.75) is 24.9 Å². The summed E-state index contributed by atoms with van der Waals surface area (Å²) in [5.41, 5.74) is -1.54. The highest BCUT2D eigenvalue weighted by atomic mass is 19.4. The monoisotopic (exact) mass is 262 g/mol. The molecule has 1 aliphatic rings. The van der Waals surface area contributed by atoms with E-state index < -0.39 is 35.0 Å². The van der Waals surface area contributed by atoms with Crippen molar-refractivity contribution in [3.05, 3.63) is 35.1 Å². The van der Waals surface area contributed by atoms with E-state index in [-0.39, 0.29) is 5.92 Å². The van der Waals surface area contributed by atoms with Crippen LogP contribution in [0.25, 0.3) is 0 Å². The van der Waals surface area contributed by atoms with Crippen LogP contribution in [0.4, 0.5) is 17.6 Å². The molecule has 0 bridgehead atoms. The van der Waals surface area contributed by atoms with Gasteiger partial charge < -0.3 is 5.11 Å². The molecule has 1 N–H and O–H groups in total. The van der Waals surface area contributed by atoms with E-state index in [0.717, 1.165) is 0 Å². The molecule has 1 aliphatic carbocycles.